The summed E-state index contributed by atoms with van der Waals surface area (Å²) < 4.78 is 8.40. The molecule has 38 heavy (non-hydrogen) atoms. The van der Waals surface area contributed by atoms with Crippen LogP contribution in [0.15, 0.2) is 114 Å². The lowest BCUT2D eigenvalue weighted by molar-refractivity contribution is 0.620. The molecule has 5 heteroatoms. The predicted molar refractivity (Wildman–Crippen MR) is 149 cm³/mol. The van der Waals surface area contributed by atoms with E-state index in [1.54, 1.807) is 6.07 Å². The fourth-order valence-corrected chi connectivity index (χ4v) is 5.12. The Kier molecular flexibility index (Phi) is 4.83. The van der Waals surface area contributed by atoms with Gasteiger partial charge in [-0.2, -0.15) is 10.5 Å². The first-order chi connectivity index (χ1) is 18.7. The van der Waals surface area contributed by atoms with E-state index in [1.165, 1.54) is 0 Å². The van der Waals surface area contributed by atoms with Crippen LogP contribution in [-0.2, 0) is 0 Å². The summed E-state index contributed by atoms with van der Waals surface area (Å²) in [7, 11) is 0. The molecule has 0 saturated carbocycles. The van der Waals surface area contributed by atoms with Crippen LogP contribution >= 0.6 is 0 Å². The second-order valence-corrected chi connectivity index (χ2v) is 9.15. The Bertz CT molecular complexity index is 2070. The molecule has 176 valence electrons. The lowest BCUT2D eigenvalue weighted by Crippen LogP contribution is -1.94. The normalized spacial score (nSPS) is 11.1. The Morgan fingerprint density at radius 3 is 2.13 bits per heavy atom. The fourth-order valence-electron chi connectivity index (χ4n) is 5.12. The minimum Gasteiger partial charge on any atom is -0.436 e. The minimum atomic E-state index is 0.462. The van der Waals surface area contributed by atoms with Crippen molar-refractivity contribution in [3.05, 3.63) is 120 Å². The summed E-state index contributed by atoms with van der Waals surface area (Å²) in [4.78, 5) is 4.80. The van der Waals surface area contributed by atoms with Crippen LogP contribution in [0.4, 0.5) is 0 Å². The second kappa shape index (κ2) is 8.48. The van der Waals surface area contributed by atoms with Crippen molar-refractivity contribution < 1.29 is 4.42 Å². The van der Waals surface area contributed by atoms with Crippen molar-refractivity contribution in [3.8, 4) is 40.4 Å². The van der Waals surface area contributed by atoms with Crippen molar-refractivity contribution >= 4 is 32.9 Å². The first kappa shape index (κ1) is 21.6. The molecule has 0 N–H and O–H groups in total. The standard InChI is InChI=1S/C33H18N4O/c34-19-21-13-22(20-35)15-25(14-21)24-9-6-10-26(16-24)37-30-12-5-4-11-27(30)28-17-32-29(18-31(28)37)36-33(38-32)23-7-2-1-3-8-23/h1-18H. The molecule has 0 fully saturated rings. The van der Waals surface area contributed by atoms with Gasteiger partial charge in [0.05, 0.1) is 34.3 Å². The van der Waals surface area contributed by atoms with E-state index in [0.29, 0.717) is 17.0 Å². The largest absolute Gasteiger partial charge is 0.436 e. The van der Waals surface area contributed by atoms with Gasteiger partial charge in [-0.3, -0.25) is 0 Å². The molecule has 0 unspecified atom stereocenters. The SMILES string of the molecule is N#Cc1cc(C#N)cc(-c2cccc(-n3c4ccccc4c4cc5oc(-c6ccccc6)nc5cc43)c2)c1. The average Bonchev–Trinajstić information content (AvgIpc) is 3.54. The van der Waals surface area contributed by atoms with Crippen molar-refractivity contribution in [2.24, 2.45) is 0 Å². The van der Waals surface area contributed by atoms with E-state index in [0.717, 1.165) is 55.3 Å². The molecule has 2 aromatic heterocycles. The topological polar surface area (TPSA) is 78.5 Å². The first-order valence-corrected chi connectivity index (χ1v) is 12.2. The summed E-state index contributed by atoms with van der Waals surface area (Å²) in [5.74, 6) is 0.594. The quantitative estimate of drug-likeness (QED) is 0.253. The van der Waals surface area contributed by atoms with Gasteiger partial charge in [0.25, 0.3) is 0 Å². The molecule has 0 amide bonds. The zero-order valence-electron chi connectivity index (χ0n) is 20.1. The van der Waals surface area contributed by atoms with Crippen LogP contribution in [0, 0.1) is 22.7 Å². The van der Waals surface area contributed by atoms with Gasteiger partial charge in [0.15, 0.2) is 5.58 Å². The Hall–Kier alpha value is -5.65. The number of aromatic nitrogens is 2. The highest BCUT2D eigenvalue weighted by molar-refractivity contribution is 6.12. The maximum absolute atomic E-state index is 9.45. The number of nitriles is 2. The van der Waals surface area contributed by atoms with E-state index < -0.39 is 0 Å². The fraction of sp³-hybridized carbons (Fsp3) is 0. The van der Waals surface area contributed by atoms with E-state index >= 15 is 0 Å². The van der Waals surface area contributed by atoms with E-state index in [1.807, 2.05) is 66.7 Å². The molecular weight excluding hydrogens is 468 g/mol. The van der Waals surface area contributed by atoms with Gasteiger partial charge in [-0.25, -0.2) is 4.98 Å². The summed E-state index contributed by atoms with van der Waals surface area (Å²) in [6.07, 6.45) is 0. The average molecular weight is 487 g/mol. The molecule has 7 rings (SSSR count). The Morgan fingerprint density at radius 1 is 0.605 bits per heavy atom. The van der Waals surface area contributed by atoms with Gasteiger partial charge in [-0.1, -0.05) is 48.5 Å². The number of benzene rings is 5. The predicted octanol–water partition coefficient (Wildman–Crippen LogP) is 8.00. The third kappa shape index (κ3) is 3.43. The van der Waals surface area contributed by atoms with Crippen molar-refractivity contribution in [2.45, 2.75) is 0 Å². The molecular formula is C33H18N4O. The van der Waals surface area contributed by atoms with Crippen LogP contribution in [0.25, 0.3) is 61.2 Å². The van der Waals surface area contributed by atoms with Crippen molar-refractivity contribution in [1.82, 2.24) is 9.55 Å². The van der Waals surface area contributed by atoms with Crippen LogP contribution in [0.1, 0.15) is 11.1 Å². The second-order valence-electron chi connectivity index (χ2n) is 9.15. The third-order valence-corrected chi connectivity index (χ3v) is 6.83. The zero-order valence-corrected chi connectivity index (χ0v) is 20.1. The van der Waals surface area contributed by atoms with Gasteiger partial charge < -0.3 is 8.98 Å². The number of hydrogen-bond acceptors (Lipinski definition) is 4. The van der Waals surface area contributed by atoms with Crippen LogP contribution in [0.5, 0.6) is 0 Å². The number of fused-ring (bicyclic) bond motifs is 4. The van der Waals surface area contributed by atoms with Gasteiger partial charge in [0, 0.05) is 22.0 Å². The van der Waals surface area contributed by atoms with Crippen LogP contribution < -0.4 is 0 Å². The van der Waals surface area contributed by atoms with Gasteiger partial charge in [-0.15, -0.1) is 0 Å². The molecule has 5 aromatic carbocycles. The van der Waals surface area contributed by atoms with Gasteiger partial charge in [0.1, 0.15) is 5.52 Å². The van der Waals surface area contributed by atoms with Crippen molar-refractivity contribution in [1.29, 1.82) is 10.5 Å². The maximum atomic E-state index is 9.45. The number of hydrogen-bond donors (Lipinski definition) is 0. The van der Waals surface area contributed by atoms with Crippen LogP contribution in [0.2, 0.25) is 0 Å². The highest BCUT2D eigenvalue weighted by atomic mass is 16.3. The number of para-hydroxylation sites is 1. The number of rotatable bonds is 3. The Balaban J connectivity index is 1.46. The summed E-state index contributed by atoms with van der Waals surface area (Å²) in [5, 5.41) is 21.1. The maximum Gasteiger partial charge on any atom is 0.227 e. The molecule has 0 saturated heterocycles. The Morgan fingerprint density at radius 2 is 1.34 bits per heavy atom. The van der Waals surface area contributed by atoms with E-state index in [4.69, 9.17) is 9.40 Å². The molecule has 0 radical (unpaired) electrons. The molecule has 2 heterocycles. The van der Waals surface area contributed by atoms with Crippen LogP contribution in [0.3, 0.4) is 0 Å². The summed E-state index contributed by atoms with van der Waals surface area (Å²) in [6.45, 7) is 0. The van der Waals surface area contributed by atoms with Gasteiger partial charge >= 0.3 is 0 Å². The monoisotopic (exact) mass is 486 g/mol. The van der Waals surface area contributed by atoms with E-state index in [9.17, 15) is 10.5 Å². The number of nitrogens with zero attached hydrogens (tertiary/aromatic N) is 4. The molecule has 5 nitrogen and oxygen atoms in total. The lowest BCUT2D eigenvalue weighted by Gasteiger charge is -2.11. The number of oxazole rings is 1. The summed E-state index contributed by atoms with van der Waals surface area (Å²) >= 11 is 0. The summed E-state index contributed by atoms with van der Waals surface area (Å²) in [5.41, 5.74) is 8.21. The third-order valence-electron chi connectivity index (χ3n) is 6.83. The van der Waals surface area contributed by atoms with E-state index in [2.05, 4.69) is 53.1 Å². The molecule has 0 aliphatic heterocycles. The molecule has 0 bridgehead atoms. The van der Waals surface area contributed by atoms with Crippen molar-refractivity contribution in [2.75, 3.05) is 0 Å². The van der Waals surface area contributed by atoms with Crippen LogP contribution in [-0.4, -0.2) is 9.55 Å². The lowest BCUT2D eigenvalue weighted by atomic mass is 10.00. The van der Waals surface area contributed by atoms with Crippen molar-refractivity contribution in [3.63, 3.8) is 0 Å². The zero-order chi connectivity index (χ0) is 25.6. The highest BCUT2D eigenvalue weighted by Crippen LogP contribution is 2.37. The first-order valence-electron chi connectivity index (χ1n) is 12.2. The van der Waals surface area contributed by atoms with Gasteiger partial charge in [-0.05, 0) is 71.8 Å². The van der Waals surface area contributed by atoms with Gasteiger partial charge in [0.2, 0.25) is 5.89 Å². The molecule has 0 aliphatic rings. The molecule has 0 aliphatic carbocycles. The van der Waals surface area contributed by atoms with E-state index in [-0.39, 0.29) is 0 Å². The molecule has 7 aromatic rings. The molecule has 0 spiro atoms. The summed E-state index contributed by atoms with van der Waals surface area (Å²) in [6, 6.07) is 40.1. The smallest absolute Gasteiger partial charge is 0.227 e. The minimum absolute atomic E-state index is 0.462. The highest BCUT2D eigenvalue weighted by Gasteiger charge is 2.17. The Labute approximate surface area is 218 Å². The molecule has 0 atom stereocenters.